The van der Waals surface area contributed by atoms with Gasteiger partial charge in [-0.3, -0.25) is 0 Å². The number of benzene rings is 2. The highest BCUT2D eigenvalue weighted by atomic mass is 16.7. The van der Waals surface area contributed by atoms with Crippen molar-refractivity contribution in [3.05, 3.63) is 47.5 Å². The molecule has 0 N–H and O–H groups in total. The van der Waals surface area contributed by atoms with Crippen LogP contribution in [-0.2, 0) is 4.74 Å². The Balaban J connectivity index is 1.44. The van der Waals surface area contributed by atoms with Gasteiger partial charge in [-0.05, 0) is 47.2 Å². The summed E-state index contributed by atoms with van der Waals surface area (Å²) in [5.74, 6) is 3.97. The Hall–Kier alpha value is -2.40. The molecule has 0 spiro atoms. The summed E-state index contributed by atoms with van der Waals surface area (Å²) in [6.07, 6.45) is 0.0554. The molecule has 0 aromatic heterocycles. The summed E-state index contributed by atoms with van der Waals surface area (Å²) in [6.45, 7) is 5.06. The first-order chi connectivity index (χ1) is 12.2. The van der Waals surface area contributed by atoms with Gasteiger partial charge in [-0.25, -0.2) is 0 Å². The highest BCUT2D eigenvalue weighted by Crippen LogP contribution is 2.51. The molecule has 2 aromatic rings. The van der Waals surface area contributed by atoms with Crippen molar-refractivity contribution in [2.45, 2.75) is 26.1 Å². The zero-order chi connectivity index (χ0) is 17.0. The molecule has 0 aliphatic carbocycles. The van der Waals surface area contributed by atoms with Crippen LogP contribution in [0, 0.1) is 11.8 Å². The SMILES string of the molecule is C[C@H]1[C@H](C)[C@H](c2ccc3c(c2)OCO3)O[C@@H]1c1ccc2c(c1)OCO2. The molecule has 1 saturated heterocycles. The second-order valence-electron chi connectivity index (χ2n) is 6.92. The third-order valence-corrected chi connectivity index (χ3v) is 5.53. The van der Waals surface area contributed by atoms with Gasteiger partial charge in [-0.1, -0.05) is 26.0 Å². The van der Waals surface area contributed by atoms with E-state index in [2.05, 4.69) is 26.0 Å². The van der Waals surface area contributed by atoms with Crippen molar-refractivity contribution in [3.8, 4) is 23.0 Å². The minimum Gasteiger partial charge on any atom is -0.454 e. The maximum atomic E-state index is 6.48. The second-order valence-corrected chi connectivity index (χ2v) is 6.92. The Morgan fingerprint density at radius 1 is 0.640 bits per heavy atom. The molecule has 5 nitrogen and oxygen atoms in total. The third-order valence-electron chi connectivity index (χ3n) is 5.53. The molecular formula is C20H20O5. The number of fused-ring (bicyclic) bond motifs is 2. The lowest BCUT2D eigenvalue weighted by atomic mass is 9.85. The zero-order valence-corrected chi connectivity index (χ0v) is 14.2. The average Bonchev–Trinajstić information content (AvgIpc) is 3.34. The zero-order valence-electron chi connectivity index (χ0n) is 14.2. The molecule has 0 saturated carbocycles. The summed E-state index contributed by atoms with van der Waals surface area (Å²) in [6, 6.07) is 12.2. The summed E-state index contributed by atoms with van der Waals surface area (Å²) < 4.78 is 28.3. The van der Waals surface area contributed by atoms with Crippen molar-refractivity contribution in [3.63, 3.8) is 0 Å². The van der Waals surface area contributed by atoms with Gasteiger partial charge in [0.15, 0.2) is 23.0 Å². The molecule has 0 unspecified atom stereocenters. The molecule has 25 heavy (non-hydrogen) atoms. The minimum absolute atomic E-state index is 0.0277. The monoisotopic (exact) mass is 340 g/mol. The summed E-state index contributed by atoms with van der Waals surface area (Å²) in [5.41, 5.74) is 2.26. The summed E-state index contributed by atoms with van der Waals surface area (Å²) >= 11 is 0. The van der Waals surface area contributed by atoms with E-state index in [4.69, 9.17) is 23.7 Å². The van der Waals surface area contributed by atoms with E-state index in [-0.39, 0.29) is 25.8 Å². The molecule has 3 aliphatic heterocycles. The second kappa shape index (κ2) is 5.56. The largest absolute Gasteiger partial charge is 0.454 e. The van der Waals surface area contributed by atoms with Gasteiger partial charge in [0.2, 0.25) is 13.6 Å². The molecule has 1 fully saturated rings. The Morgan fingerprint density at radius 3 is 1.56 bits per heavy atom. The van der Waals surface area contributed by atoms with Crippen LogP contribution in [0.2, 0.25) is 0 Å². The number of hydrogen-bond acceptors (Lipinski definition) is 5. The highest BCUT2D eigenvalue weighted by Gasteiger charge is 2.41. The minimum atomic E-state index is 0.0277. The quantitative estimate of drug-likeness (QED) is 0.819. The molecular weight excluding hydrogens is 320 g/mol. The Labute approximate surface area is 146 Å². The summed E-state index contributed by atoms with van der Waals surface area (Å²) in [5, 5.41) is 0. The number of ether oxygens (including phenoxy) is 5. The Morgan fingerprint density at radius 2 is 1.08 bits per heavy atom. The van der Waals surface area contributed by atoms with Crippen molar-refractivity contribution in [2.75, 3.05) is 13.6 Å². The van der Waals surface area contributed by atoms with E-state index >= 15 is 0 Å². The lowest BCUT2D eigenvalue weighted by Gasteiger charge is -2.17. The molecule has 0 radical (unpaired) electrons. The van der Waals surface area contributed by atoms with Gasteiger partial charge < -0.3 is 23.7 Å². The van der Waals surface area contributed by atoms with Crippen molar-refractivity contribution >= 4 is 0 Å². The van der Waals surface area contributed by atoms with Gasteiger partial charge in [0.25, 0.3) is 0 Å². The lowest BCUT2D eigenvalue weighted by Crippen LogP contribution is -2.09. The standard InChI is InChI=1S/C20H20O5/c1-11-12(2)20(14-4-6-16-18(8-14)24-10-22-16)25-19(11)13-3-5-15-17(7-13)23-9-21-15/h3-8,11-12,19-20H,9-10H2,1-2H3/t11-,12-,19-,20+/m0/s1. The molecule has 5 rings (SSSR count). The fourth-order valence-electron chi connectivity index (χ4n) is 3.90. The Bertz CT molecular complexity index is 750. The Kier molecular flexibility index (Phi) is 3.31. The van der Waals surface area contributed by atoms with E-state index in [0.29, 0.717) is 11.8 Å². The van der Waals surface area contributed by atoms with E-state index in [0.717, 1.165) is 34.1 Å². The molecule has 0 amide bonds. The van der Waals surface area contributed by atoms with Gasteiger partial charge in [-0.2, -0.15) is 0 Å². The normalized spacial score (nSPS) is 29.2. The fraction of sp³-hybridized carbons (Fsp3) is 0.400. The van der Waals surface area contributed by atoms with Crippen molar-refractivity contribution in [2.24, 2.45) is 11.8 Å². The van der Waals surface area contributed by atoms with Crippen molar-refractivity contribution in [1.29, 1.82) is 0 Å². The van der Waals surface area contributed by atoms with Crippen LogP contribution in [0.25, 0.3) is 0 Å². The van der Waals surface area contributed by atoms with Gasteiger partial charge in [0.1, 0.15) is 0 Å². The summed E-state index contributed by atoms with van der Waals surface area (Å²) in [7, 11) is 0. The van der Waals surface area contributed by atoms with Crippen LogP contribution >= 0.6 is 0 Å². The lowest BCUT2D eigenvalue weighted by molar-refractivity contribution is 0.0288. The maximum absolute atomic E-state index is 6.48. The van der Waals surface area contributed by atoms with E-state index in [1.54, 1.807) is 0 Å². The highest BCUT2D eigenvalue weighted by molar-refractivity contribution is 5.47. The smallest absolute Gasteiger partial charge is 0.231 e. The van der Waals surface area contributed by atoms with Crippen LogP contribution in [0.5, 0.6) is 23.0 Å². The molecule has 5 heteroatoms. The predicted molar refractivity (Wildman–Crippen MR) is 90.0 cm³/mol. The first-order valence-corrected chi connectivity index (χ1v) is 8.65. The van der Waals surface area contributed by atoms with Crippen LogP contribution in [0.3, 0.4) is 0 Å². The van der Waals surface area contributed by atoms with E-state index < -0.39 is 0 Å². The predicted octanol–water partition coefficient (Wildman–Crippen LogP) is 4.23. The van der Waals surface area contributed by atoms with Gasteiger partial charge >= 0.3 is 0 Å². The summed E-state index contributed by atoms with van der Waals surface area (Å²) in [4.78, 5) is 0. The molecule has 3 heterocycles. The molecule has 3 aliphatic rings. The topological polar surface area (TPSA) is 46.2 Å². The van der Waals surface area contributed by atoms with Gasteiger partial charge in [0, 0.05) is 0 Å². The van der Waals surface area contributed by atoms with Crippen molar-refractivity contribution < 1.29 is 23.7 Å². The van der Waals surface area contributed by atoms with Gasteiger partial charge in [0.05, 0.1) is 12.2 Å². The first-order valence-electron chi connectivity index (χ1n) is 8.65. The van der Waals surface area contributed by atoms with Crippen LogP contribution in [0.1, 0.15) is 37.2 Å². The van der Waals surface area contributed by atoms with Crippen LogP contribution < -0.4 is 18.9 Å². The molecule has 4 atom stereocenters. The maximum Gasteiger partial charge on any atom is 0.231 e. The van der Waals surface area contributed by atoms with Crippen LogP contribution in [-0.4, -0.2) is 13.6 Å². The fourth-order valence-corrected chi connectivity index (χ4v) is 3.90. The first kappa shape index (κ1) is 14.9. The average molecular weight is 340 g/mol. The third kappa shape index (κ3) is 2.34. The van der Waals surface area contributed by atoms with Crippen LogP contribution in [0.4, 0.5) is 0 Å². The van der Waals surface area contributed by atoms with E-state index in [1.165, 1.54) is 0 Å². The molecule has 2 aromatic carbocycles. The van der Waals surface area contributed by atoms with Crippen molar-refractivity contribution in [1.82, 2.24) is 0 Å². The van der Waals surface area contributed by atoms with E-state index in [9.17, 15) is 0 Å². The van der Waals surface area contributed by atoms with E-state index in [1.807, 2.05) is 24.3 Å². The molecule has 0 bridgehead atoms. The number of rotatable bonds is 2. The van der Waals surface area contributed by atoms with Gasteiger partial charge in [-0.15, -0.1) is 0 Å². The van der Waals surface area contributed by atoms with Crippen LogP contribution in [0.15, 0.2) is 36.4 Å². The number of hydrogen-bond donors (Lipinski definition) is 0. The molecule has 130 valence electrons.